The quantitative estimate of drug-likeness (QED) is 0.735. The van der Waals surface area contributed by atoms with Crippen molar-refractivity contribution in [3.63, 3.8) is 0 Å². The third-order valence-corrected chi connectivity index (χ3v) is 2.95. The van der Waals surface area contributed by atoms with E-state index in [1.54, 1.807) is 19.2 Å². The van der Waals surface area contributed by atoms with Gasteiger partial charge in [-0.25, -0.2) is 8.78 Å². The minimum atomic E-state index is -0.880. The lowest BCUT2D eigenvalue weighted by molar-refractivity contribution is 0.511. The maximum absolute atomic E-state index is 13.7. The first-order chi connectivity index (χ1) is 8.15. The van der Waals surface area contributed by atoms with Crippen LogP contribution < -0.4 is 0 Å². The summed E-state index contributed by atoms with van der Waals surface area (Å²) in [6.45, 7) is 1.80. The van der Waals surface area contributed by atoms with Crippen molar-refractivity contribution in [3.05, 3.63) is 53.2 Å². The predicted molar refractivity (Wildman–Crippen MR) is 63.9 cm³/mol. The molecule has 2 rings (SSSR count). The molecule has 1 nitrogen and oxygen atoms in total. The van der Waals surface area contributed by atoms with Crippen LogP contribution in [0, 0.1) is 18.6 Å². The Balaban J connectivity index is 2.65. The maximum atomic E-state index is 13.7. The summed E-state index contributed by atoms with van der Waals surface area (Å²) in [5, 5.41) is 0. The Labute approximate surface area is 103 Å². The number of rotatable bonds is 2. The molecular weight excluding hydrogens is 244 g/mol. The summed E-state index contributed by atoms with van der Waals surface area (Å²) < 4.78 is 26.8. The number of benzene rings is 1. The SMILES string of the molecule is Cc1c(CCl)ccnc1-c1cccc(F)c1F. The zero-order chi connectivity index (χ0) is 12.4. The Hall–Kier alpha value is -1.48. The number of alkyl halides is 1. The predicted octanol–water partition coefficient (Wildman–Crippen LogP) is 4.07. The summed E-state index contributed by atoms with van der Waals surface area (Å²) in [6.07, 6.45) is 1.55. The lowest BCUT2D eigenvalue weighted by atomic mass is 10.0. The molecule has 1 aromatic heterocycles. The molecular formula is C13H10ClF2N. The Morgan fingerprint density at radius 2 is 2.00 bits per heavy atom. The smallest absolute Gasteiger partial charge is 0.168 e. The van der Waals surface area contributed by atoms with Gasteiger partial charge in [0.15, 0.2) is 11.6 Å². The highest BCUT2D eigenvalue weighted by atomic mass is 35.5. The van der Waals surface area contributed by atoms with Crippen LogP contribution in [-0.2, 0) is 5.88 Å². The average molecular weight is 254 g/mol. The number of nitrogens with zero attached hydrogens (tertiary/aromatic N) is 1. The summed E-state index contributed by atoms with van der Waals surface area (Å²) in [7, 11) is 0. The van der Waals surface area contributed by atoms with Crippen LogP contribution in [0.15, 0.2) is 30.5 Å². The number of halogens is 3. The second-order valence-electron chi connectivity index (χ2n) is 3.68. The van der Waals surface area contributed by atoms with Gasteiger partial charge in [0.25, 0.3) is 0 Å². The molecule has 1 aromatic carbocycles. The van der Waals surface area contributed by atoms with E-state index in [4.69, 9.17) is 11.6 Å². The molecule has 0 saturated carbocycles. The van der Waals surface area contributed by atoms with E-state index in [1.807, 2.05) is 0 Å². The van der Waals surface area contributed by atoms with E-state index < -0.39 is 11.6 Å². The highest BCUT2D eigenvalue weighted by Gasteiger charge is 2.14. The van der Waals surface area contributed by atoms with Gasteiger partial charge in [0, 0.05) is 17.6 Å². The third kappa shape index (κ3) is 2.15. The monoisotopic (exact) mass is 253 g/mol. The maximum Gasteiger partial charge on any atom is 0.168 e. The molecule has 0 saturated heterocycles. The van der Waals surface area contributed by atoms with Crippen LogP contribution in [0.1, 0.15) is 11.1 Å². The van der Waals surface area contributed by atoms with E-state index in [-0.39, 0.29) is 5.56 Å². The van der Waals surface area contributed by atoms with Crippen molar-refractivity contribution in [2.45, 2.75) is 12.8 Å². The van der Waals surface area contributed by atoms with Gasteiger partial charge >= 0.3 is 0 Å². The molecule has 0 aliphatic heterocycles. The van der Waals surface area contributed by atoms with Gasteiger partial charge in [-0.05, 0) is 36.2 Å². The van der Waals surface area contributed by atoms with E-state index in [0.717, 1.165) is 17.2 Å². The van der Waals surface area contributed by atoms with Crippen molar-refractivity contribution in [1.29, 1.82) is 0 Å². The number of hydrogen-bond donors (Lipinski definition) is 0. The van der Waals surface area contributed by atoms with Gasteiger partial charge in [0.05, 0.1) is 5.69 Å². The topological polar surface area (TPSA) is 12.9 Å². The Morgan fingerprint density at radius 1 is 1.24 bits per heavy atom. The molecule has 0 amide bonds. The van der Waals surface area contributed by atoms with Gasteiger partial charge in [-0.2, -0.15) is 0 Å². The second kappa shape index (κ2) is 4.80. The average Bonchev–Trinajstić information content (AvgIpc) is 2.33. The molecule has 88 valence electrons. The van der Waals surface area contributed by atoms with Crippen LogP contribution in [0.4, 0.5) is 8.78 Å². The van der Waals surface area contributed by atoms with E-state index in [9.17, 15) is 8.78 Å². The zero-order valence-corrected chi connectivity index (χ0v) is 9.93. The molecule has 0 bridgehead atoms. The first-order valence-corrected chi connectivity index (χ1v) is 5.63. The Kier molecular flexibility index (Phi) is 3.38. The fraction of sp³-hybridized carbons (Fsp3) is 0.154. The first kappa shape index (κ1) is 12.0. The fourth-order valence-corrected chi connectivity index (χ4v) is 1.97. The van der Waals surface area contributed by atoms with Crippen LogP contribution in [0.3, 0.4) is 0 Å². The normalized spacial score (nSPS) is 10.6. The van der Waals surface area contributed by atoms with Crippen LogP contribution in [0.2, 0.25) is 0 Å². The first-order valence-electron chi connectivity index (χ1n) is 5.10. The van der Waals surface area contributed by atoms with Gasteiger partial charge < -0.3 is 0 Å². The summed E-state index contributed by atoms with van der Waals surface area (Å²) in [4.78, 5) is 4.09. The highest BCUT2D eigenvalue weighted by molar-refractivity contribution is 6.17. The van der Waals surface area contributed by atoms with E-state index in [1.165, 1.54) is 12.1 Å². The van der Waals surface area contributed by atoms with Crippen molar-refractivity contribution in [1.82, 2.24) is 4.98 Å². The lowest BCUT2D eigenvalue weighted by Gasteiger charge is -2.09. The molecule has 0 aliphatic rings. The zero-order valence-electron chi connectivity index (χ0n) is 9.17. The molecule has 4 heteroatoms. The number of pyridine rings is 1. The fourth-order valence-electron chi connectivity index (χ4n) is 1.68. The van der Waals surface area contributed by atoms with Crippen LogP contribution >= 0.6 is 11.6 Å². The molecule has 2 aromatic rings. The molecule has 0 atom stereocenters. The van der Waals surface area contributed by atoms with Crippen molar-refractivity contribution in [2.75, 3.05) is 0 Å². The van der Waals surface area contributed by atoms with Gasteiger partial charge in [0.2, 0.25) is 0 Å². The van der Waals surface area contributed by atoms with Crippen LogP contribution in [-0.4, -0.2) is 4.98 Å². The highest BCUT2D eigenvalue weighted by Crippen LogP contribution is 2.27. The van der Waals surface area contributed by atoms with Gasteiger partial charge in [0.1, 0.15) is 0 Å². The van der Waals surface area contributed by atoms with Crippen molar-refractivity contribution in [3.8, 4) is 11.3 Å². The second-order valence-corrected chi connectivity index (χ2v) is 3.95. The Bertz CT molecular complexity index is 555. The molecule has 0 unspecified atom stereocenters. The van der Waals surface area contributed by atoms with Crippen LogP contribution in [0.25, 0.3) is 11.3 Å². The summed E-state index contributed by atoms with van der Waals surface area (Å²) in [6, 6.07) is 5.82. The summed E-state index contributed by atoms with van der Waals surface area (Å²) >= 11 is 5.77. The largest absolute Gasteiger partial charge is 0.256 e. The third-order valence-electron chi connectivity index (χ3n) is 2.67. The number of aromatic nitrogens is 1. The van der Waals surface area contributed by atoms with Gasteiger partial charge in [-0.1, -0.05) is 6.07 Å². The molecule has 0 spiro atoms. The lowest BCUT2D eigenvalue weighted by Crippen LogP contribution is -1.97. The number of hydrogen-bond acceptors (Lipinski definition) is 1. The van der Waals surface area contributed by atoms with Gasteiger partial charge in [-0.15, -0.1) is 11.6 Å². The van der Waals surface area contributed by atoms with Crippen molar-refractivity contribution in [2.24, 2.45) is 0 Å². The summed E-state index contributed by atoms with van der Waals surface area (Å²) in [5.74, 6) is -1.44. The van der Waals surface area contributed by atoms with E-state index in [2.05, 4.69) is 4.98 Å². The molecule has 0 radical (unpaired) electrons. The van der Waals surface area contributed by atoms with Crippen LogP contribution in [0.5, 0.6) is 0 Å². The van der Waals surface area contributed by atoms with Gasteiger partial charge in [-0.3, -0.25) is 4.98 Å². The minimum Gasteiger partial charge on any atom is -0.256 e. The standard InChI is InChI=1S/C13H10ClF2N/c1-8-9(7-14)5-6-17-13(8)10-3-2-4-11(15)12(10)16/h2-6H,7H2,1H3. The van der Waals surface area contributed by atoms with E-state index in [0.29, 0.717) is 11.6 Å². The molecule has 0 N–H and O–H groups in total. The molecule has 17 heavy (non-hydrogen) atoms. The van der Waals surface area contributed by atoms with E-state index >= 15 is 0 Å². The molecule has 0 fully saturated rings. The van der Waals surface area contributed by atoms with Crippen molar-refractivity contribution >= 4 is 11.6 Å². The Morgan fingerprint density at radius 3 is 2.71 bits per heavy atom. The minimum absolute atomic E-state index is 0.162. The molecule has 1 heterocycles. The van der Waals surface area contributed by atoms with Crippen molar-refractivity contribution < 1.29 is 8.78 Å². The summed E-state index contributed by atoms with van der Waals surface area (Å²) in [5.41, 5.74) is 2.22. The molecule has 0 aliphatic carbocycles.